The molecule has 0 saturated heterocycles. The van der Waals surface area contributed by atoms with E-state index in [0.29, 0.717) is 5.71 Å². The van der Waals surface area contributed by atoms with E-state index >= 15 is 0 Å². The molecule has 0 aromatic heterocycles. The van der Waals surface area contributed by atoms with Gasteiger partial charge in [0.15, 0.2) is 0 Å². The van der Waals surface area contributed by atoms with Crippen molar-refractivity contribution in [2.24, 2.45) is 15.3 Å². The molecular formula is C26H24N4O. The monoisotopic (exact) mass is 408 g/mol. The average Bonchev–Trinajstić information content (AvgIpc) is 2.76. The molecule has 0 aliphatic heterocycles. The van der Waals surface area contributed by atoms with Gasteiger partial charge in [-0.15, -0.1) is 0 Å². The van der Waals surface area contributed by atoms with E-state index in [0.717, 1.165) is 50.4 Å². The number of rotatable bonds is 4. The zero-order valence-electron chi connectivity index (χ0n) is 18.1. The Kier molecular flexibility index (Phi) is 5.58. The van der Waals surface area contributed by atoms with Gasteiger partial charge in [-0.2, -0.15) is 15.3 Å². The van der Waals surface area contributed by atoms with Crippen LogP contribution in [0.1, 0.15) is 33.4 Å². The van der Waals surface area contributed by atoms with Crippen LogP contribution in [0.2, 0.25) is 0 Å². The summed E-state index contributed by atoms with van der Waals surface area (Å²) in [4.78, 5) is 12.4. The number of hydrogen-bond donors (Lipinski definition) is 1. The van der Waals surface area contributed by atoms with E-state index in [9.17, 15) is 4.79 Å². The molecule has 4 rings (SSSR count). The molecule has 1 aliphatic carbocycles. The molecule has 5 nitrogen and oxygen atoms in total. The highest BCUT2D eigenvalue weighted by molar-refractivity contribution is 6.52. The molecule has 154 valence electrons. The van der Waals surface area contributed by atoms with Crippen LogP contribution >= 0.6 is 0 Å². The van der Waals surface area contributed by atoms with Crippen molar-refractivity contribution in [3.63, 3.8) is 0 Å². The second-order valence-corrected chi connectivity index (χ2v) is 7.80. The lowest BCUT2D eigenvalue weighted by molar-refractivity contribution is -0.108. The molecule has 5 heteroatoms. The van der Waals surface area contributed by atoms with Gasteiger partial charge in [0.05, 0.1) is 17.1 Å². The zero-order valence-corrected chi connectivity index (χ0v) is 18.1. The summed E-state index contributed by atoms with van der Waals surface area (Å²) in [6.07, 6.45) is 3.37. The summed E-state index contributed by atoms with van der Waals surface area (Å²) in [7, 11) is 0. The van der Waals surface area contributed by atoms with Crippen molar-refractivity contribution in [2.75, 3.05) is 5.43 Å². The SMILES string of the molecule is Cc1ccc(C)c(/N=N/c2cc(C)c(N/N=C3\C(=O)C=Cc4ccccc43)cc2C)c1. The molecule has 3 aromatic rings. The molecule has 0 unspecified atom stereocenters. The van der Waals surface area contributed by atoms with Crippen molar-refractivity contribution in [1.82, 2.24) is 0 Å². The number of carbonyl (C=O) groups excluding carboxylic acids is 1. The lowest BCUT2D eigenvalue weighted by Gasteiger charge is -2.13. The molecule has 0 radical (unpaired) electrons. The van der Waals surface area contributed by atoms with Crippen molar-refractivity contribution in [2.45, 2.75) is 27.7 Å². The molecule has 31 heavy (non-hydrogen) atoms. The average molecular weight is 409 g/mol. The summed E-state index contributed by atoms with van der Waals surface area (Å²) in [6, 6.07) is 17.8. The van der Waals surface area contributed by atoms with E-state index in [1.54, 1.807) is 6.08 Å². The molecule has 0 amide bonds. The summed E-state index contributed by atoms with van der Waals surface area (Å²) >= 11 is 0. The van der Waals surface area contributed by atoms with Gasteiger partial charge >= 0.3 is 0 Å². The number of nitrogens with zero attached hydrogens (tertiary/aromatic N) is 3. The Morgan fingerprint density at radius 1 is 0.742 bits per heavy atom. The zero-order chi connectivity index (χ0) is 22.0. The summed E-state index contributed by atoms with van der Waals surface area (Å²) in [6.45, 7) is 8.04. The summed E-state index contributed by atoms with van der Waals surface area (Å²) in [5.41, 5.74) is 12.0. The minimum Gasteiger partial charge on any atom is -0.287 e. The quantitative estimate of drug-likeness (QED) is 0.383. The first kappa shape index (κ1) is 20.4. The lowest BCUT2D eigenvalue weighted by atomic mass is 9.95. The van der Waals surface area contributed by atoms with Crippen LogP contribution in [0.5, 0.6) is 0 Å². The van der Waals surface area contributed by atoms with Crippen LogP contribution in [0, 0.1) is 27.7 Å². The minimum atomic E-state index is -0.112. The second kappa shape index (κ2) is 8.48. The van der Waals surface area contributed by atoms with Crippen molar-refractivity contribution in [1.29, 1.82) is 0 Å². The van der Waals surface area contributed by atoms with Gasteiger partial charge in [0.25, 0.3) is 0 Å². The molecule has 0 fully saturated rings. The Bertz CT molecular complexity index is 1270. The fourth-order valence-corrected chi connectivity index (χ4v) is 3.43. The largest absolute Gasteiger partial charge is 0.287 e. The fourth-order valence-electron chi connectivity index (χ4n) is 3.43. The van der Waals surface area contributed by atoms with E-state index in [4.69, 9.17) is 0 Å². The van der Waals surface area contributed by atoms with Crippen molar-refractivity contribution >= 4 is 34.6 Å². The number of anilines is 1. The van der Waals surface area contributed by atoms with Gasteiger partial charge in [0.1, 0.15) is 5.71 Å². The molecule has 1 N–H and O–H groups in total. The van der Waals surface area contributed by atoms with E-state index in [1.165, 1.54) is 0 Å². The fraction of sp³-hybridized carbons (Fsp3) is 0.154. The van der Waals surface area contributed by atoms with Crippen LogP contribution in [0.25, 0.3) is 6.08 Å². The van der Waals surface area contributed by atoms with Crippen LogP contribution in [0.3, 0.4) is 0 Å². The number of allylic oxidation sites excluding steroid dienone is 1. The second-order valence-electron chi connectivity index (χ2n) is 7.80. The Morgan fingerprint density at radius 2 is 1.48 bits per heavy atom. The minimum absolute atomic E-state index is 0.112. The van der Waals surface area contributed by atoms with Gasteiger partial charge < -0.3 is 0 Å². The van der Waals surface area contributed by atoms with E-state index in [-0.39, 0.29) is 5.78 Å². The van der Waals surface area contributed by atoms with Gasteiger partial charge in [0, 0.05) is 5.56 Å². The van der Waals surface area contributed by atoms with Gasteiger partial charge in [-0.25, -0.2) is 0 Å². The predicted octanol–water partition coefficient (Wildman–Crippen LogP) is 6.75. The first-order chi connectivity index (χ1) is 14.9. The van der Waals surface area contributed by atoms with Crippen LogP contribution in [0.15, 0.2) is 76.0 Å². The molecule has 0 spiro atoms. The number of fused-ring (bicyclic) bond motifs is 1. The standard InChI is InChI=1S/C26H24N4O/c1-16-9-10-17(2)22(13-16)27-28-23-14-19(4)24(15-18(23)3)29-30-26-21-8-6-5-7-20(21)11-12-25(26)31/h5-15,29H,1-4H3/b28-27+,30-26-. The number of aryl methyl sites for hydroxylation is 4. The number of azo groups is 1. The third kappa shape index (κ3) is 4.36. The Morgan fingerprint density at radius 3 is 2.29 bits per heavy atom. The van der Waals surface area contributed by atoms with Crippen molar-refractivity contribution < 1.29 is 4.79 Å². The first-order valence-corrected chi connectivity index (χ1v) is 10.2. The van der Waals surface area contributed by atoms with Crippen molar-refractivity contribution in [3.8, 4) is 0 Å². The molecular weight excluding hydrogens is 384 g/mol. The number of carbonyl (C=O) groups is 1. The molecule has 3 aromatic carbocycles. The number of nitrogens with one attached hydrogen (secondary N) is 1. The third-order valence-corrected chi connectivity index (χ3v) is 5.32. The van der Waals surface area contributed by atoms with Crippen LogP contribution in [-0.4, -0.2) is 11.5 Å². The maximum absolute atomic E-state index is 12.4. The lowest BCUT2D eigenvalue weighted by Crippen LogP contribution is -2.19. The smallest absolute Gasteiger partial charge is 0.206 e. The molecule has 0 heterocycles. The topological polar surface area (TPSA) is 66.2 Å². The predicted molar refractivity (Wildman–Crippen MR) is 127 cm³/mol. The maximum atomic E-state index is 12.4. The Balaban J connectivity index is 1.60. The highest BCUT2D eigenvalue weighted by atomic mass is 16.1. The van der Waals surface area contributed by atoms with Gasteiger partial charge in [-0.1, -0.05) is 42.5 Å². The van der Waals surface area contributed by atoms with Gasteiger partial charge in [-0.3, -0.25) is 10.2 Å². The number of benzene rings is 3. The summed E-state index contributed by atoms with van der Waals surface area (Å²) in [5, 5.41) is 13.4. The molecule has 0 bridgehead atoms. The van der Waals surface area contributed by atoms with E-state index in [2.05, 4.69) is 26.8 Å². The number of hydrazone groups is 1. The Labute approximate surface area is 182 Å². The van der Waals surface area contributed by atoms with Gasteiger partial charge in [-0.05, 0) is 79.8 Å². The van der Waals surface area contributed by atoms with Crippen molar-refractivity contribution in [3.05, 3.63) is 94.1 Å². The van der Waals surface area contributed by atoms with Gasteiger partial charge in [0.2, 0.25) is 5.78 Å². The number of hydrogen-bond acceptors (Lipinski definition) is 5. The maximum Gasteiger partial charge on any atom is 0.206 e. The van der Waals surface area contributed by atoms with Crippen LogP contribution in [0.4, 0.5) is 17.1 Å². The molecule has 1 aliphatic rings. The summed E-state index contributed by atoms with van der Waals surface area (Å²) in [5.74, 6) is -0.112. The number of ketones is 1. The molecule has 0 saturated carbocycles. The van der Waals surface area contributed by atoms with E-state index in [1.807, 2.05) is 82.3 Å². The van der Waals surface area contributed by atoms with Crippen LogP contribution in [-0.2, 0) is 4.79 Å². The molecule has 0 atom stereocenters. The first-order valence-electron chi connectivity index (χ1n) is 10.2. The highest BCUT2D eigenvalue weighted by Crippen LogP contribution is 2.29. The highest BCUT2D eigenvalue weighted by Gasteiger charge is 2.18. The summed E-state index contributed by atoms with van der Waals surface area (Å²) < 4.78 is 0. The van der Waals surface area contributed by atoms with E-state index < -0.39 is 0 Å². The normalized spacial score (nSPS) is 14.3. The van der Waals surface area contributed by atoms with Crippen LogP contribution < -0.4 is 5.43 Å². The third-order valence-electron chi connectivity index (χ3n) is 5.32. The Hall–Kier alpha value is -3.86.